The van der Waals surface area contributed by atoms with Crippen LogP contribution in [0.2, 0.25) is 10.0 Å². The van der Waals surface area contributed by atoms with Crippen LogP contribution >= 0.6 is 23.2 Å². The van der Waals surface area contributed by atoms with Crippen LogP contribution in [-0.2, 0) is 14.3 Å². The maximum atomic E-state index is 12.9. The zero-order valence-electron chi connectivity index (χ0n) is 17.6. The number of carbonyl (C=O) groups excluding carboxylic acids is 2. The number of aromatic nitrogens is 1. The van der Waals surface area contributed by atoms with E-state index in [4.69, 9.17) is 37.4 Å². The molecule has 6 nitrogen and oxygen atoms in total. The molecule has 0 aliphatic carbocycles. The third-order valence-corrected chi connectivity index (χ3v) is 5.77. The minimum absolute atomic E-state index is 0.206. The first-order valence-corrected chi connectivity index (χ1v) is 11.0. The van der Waals surface area contributed by atoms with E-state index >= 15 is 0 Å². The number of carbonyl (C=O) groups is 2. The van der Waals surface area contributed by atoms with Crippen LogP contribution in [0.25, 0.3) is 10.9 Å². The molecule has 1 atom stereocenters. The molecule has 32 heavy (non-hydrogen) atoms. The van der Waals surface area contributed by atoms with E-state index < -0.39 is 12.1 Å². The molecule has 4 rings (SSSR count). The Hall–Kier alpha value is -2.96. The van der Waals surface area contributed by atoms with Gasteiger partial charge in [0.2, 0.25) is 5.88 Å². The van der Waals surface area contributed by atoms with E-state index in [1.165, 1.54) is 10.6 Å². The highest BCUT2D eigenvalue weighted by atomic mass is 35.5. The molecule has 1 aliphatic heterocycles. The quantitative estimate of drug-likeness (QED) is 0.327. The summed E-state index contributed by atoms with van der Waals surface area (Å²) in [7, 11) is 0. The molecule has 0 fully saturated rings. The molecule has 0 radical (unpaired) electrons. The number of esters is 1. The fourth-order valence-electron chi connectivity index (χ4n) is 3.97. The lowest BCUT2D eigenvalue weighted by molar-refractivity contribution is -0.137. The third-order valence-electron chi connectivity index (χ3n) is 5.20. The summed E-state index contributed by atoms with van der Waals surface area (Å²) < 4.78 is 17.8. The molecular weight excluding hydrogens is 453 g/mol. The van der Waals surface area contributed by atoms with Crippen LogP contribution in [0.5, 0.6) is 5.88 Å². The van der Waals surface area contributed by atoms with Crippen molar-refractivity contribution in [1.82, 2.24) is 4.57 Å². The molecule has 1 aliphatic rings. The first kappa shape index (κ1) is 22.2. The number of fused-ring (bicyclic) bond motifs is 3. The van der Waals surface area contributed by atoms with Gasteiger partial charge in [-0.25, -0.2) is 14.2 Å². The van der Waals surface area contributed by atoms with E-state index in [9.17, 15) is 9.59 Å². The van der Waals surface area contributed by atoms with Gasteiger partial charge < -0.3 is 14.2 Å². The van der Waals surface area contributed by atoms with Gasteiger partial charge in [-0.1, -0.05) is 47.5 Å². The van der Waals surface area contributed by atoms with Crippen LogP contribution in [0, 0.1) is 0 Å². The van der Waals surface area contributed by atoms with Crippen molar-refractivity contribution in [3.63, 3.8) is 0 Å². The van der Waals surface area contributed by atoms with E-state index in [1.807, 2.05) is 30.3 Å². The van der Waals surface area contributed by atoms with Gasteiger partial charge in [-0.3, -0.25) is 0 Å². The fraction of sp³-hybridized carbons (Fsp3) is 0.250. The first-order valence-electron chi connectivity index (χ1n) is 10.2. The second kappa shape index (κ2) is 9.27. The summed E-state index contributed by atoms with van der Waals surface area (Å²) in [6, 6.07) is 12.8. The molecule has 0 saturated carbocycles. The minimum atomic E-state index is -0.566. The first-order chi connectivity index (χ1) is 15.4. The number of rotatable bonds is 4. The number of benzene rings is 2. The van der Waals surface area contributed by atoms with Crippen molar-refractivity contribution in [1.29, 1.82) is 0 Å². The Kier molecular flexibility index (Phi) is 6.44. The molecule has 0 saturated heterocycles. The molecule has 8 heteroatoms. The average molecular weight is 474 g/mol. The van der Waals surface area contributed by atoms with Crippen molar-refractivity contribution in [3.8, 4) is 5.88 Å². The van der Waals surface area contributed by atoms with E-state index in [1.54, 1.807) is 26.0 Å². The zero-order chi connectivity index (χ0) is 22.8. The van der Waals surface area contributed by atoms with Gasteiger partial charge in [-0.2, -0.15) is 0 Å². The summed E-state index contributed by atoms with van der Waals surface area (Å²) >= 11 is 12.7. The second-order valence-electron chi connectivity index (χ2n) is 7.16. The van der Waals surface area contributed by atoms with Crippen LogP contribution in [-0.4, -0.2) is 29.8 Å². The van der Waals surface area contributed by atoms with Gasteiger partial charge in [-0.15, -0.1) is 0 Å². The van der Waals surface area contributed by atoms with Crippen LogP contribution in [0.1, 0.15) is 37.3 Å². The standard InChI is InChI=1S/C24H21Cl2NO5/c1-3-30-21(28)13-15-12-18(16-10-9-14(25)11-19(16)26)22-17-7-5-6-8-20(17)27(23(22)32-15)24(29)31-4-2/h5-11,13,18H,3-4,12H2,1-2H3/b15-13+. The van der Waals surface area contributed by atoms with E-state index in [-0.39, 0.29) is 19.1 Å². The Balaban J connectivity index is 1.97. The van der Waals surface area contributed by atoms with Crippen molar-refractivity contribution in [3.05, 3.63) is 75.5 Å². The largest absolute Gasteiger partial charge is 0.463 e. The second-order valence-corrected chi connectivity index (χ2v) is 8.00. The normalized spacial score (nSPS) is 16.5. The molecule has 0 amide bonds. The smallest absolute Gasteiger partial charge is 0.421 e. The fourth-order valence-corrected chi connectivity index (χ4v) is 4.51. The molecule has 0 spiro atoms. The molecule has 2 heterocycles. The molecule has 0 N–H and O–H groups in total. The summed E-state index contributed by atoms with van der Waals surface area (Å²) in [4.78, 5) is 25.0. The molecule has 2 aromatic carbocycles. The Bertz CT molecular complexity index is 1230. The lowest BCUT2D eigenvalue weighted by Gasteiger charge is -2.27. The molecule has 166 valence electrons. The Morgan fingerprint density at radius 3 is 2.59 bits per heavy atom. The maximum absolute atomic E-state index is 12.9. The molecule has 1 unspecified atom stereocenters. The number of para-hydroxylation sites is 1. The number of hydrogen-bond acceptors (Lipinski definition) is 5. The van der Waals surface area contributed by atoms with Crippen LogP contribution in [0.4, 0.5) is 4.79 Å². The predicted molar refractivity (Wildman–Crippen MR) is 123 cm³/mol. The summed E-state index contributed by atoms with van der Waals surface area (Å²) in [5, 5.41) is 1.84. The number of ether oxygens (including phenoxy) is 3. The Morgan fingerprint density at radius 2 is 1.88 bits per heavy atom. The number of hydrogen-bond donors (Lipinski definition) is 0. The SMILES string of the molecule is CCOC(=O)/C=C1\CC(c2ccc(Cl)cc2Cl)c2c(n(C(=O)OCC)c3ccccc23)O1. The number of halogens is 2. The van der Waals surface area contributed by atoms with Gasteiger partial charge in [0, 0.05) is 33.3 Å². The average Bonchev–Trinajstić information content (AvgIpc) is 3.08. The van der Waals surface area contributed by atoms with Crippen LogP contribution in [0.15, 0.2) is 54.3 Å². The van der Waals surface area contributed by atoms with Gasteiger partial charge in [0.05, 0.1) is 24.8 Å². The molecule has 0 bridgehead atoms. The van der Waals surface area contributed by atoms with Gasteiger partial charge in [-0.05, 0) is 37.6 Å². The highest BCUT2D eigenvalue weighted by Crippen LogP contribution is 2.49. The Morgan fingerprint density at radius 1 is 1.12 bits per heavy atom. The summed E-state index contributed by atoms with van der Waals surface area (Å²) in [6.45, 7) is 3.91. The predicted octanol–water partition coefficient (Wildman–Crippen LogP) is 6.31. The highest BCUT2D eigenvalue weighted by Gasteiger charge is 2.36. The van der Waals surface area contributed by atoms with E-state index in [2.05, 4.69) is 0 Å². The summed E-state index contributed by atoms with van der Waals surface area (Å²) in [6.07, 6.45) is 1.09. The minimum Gasteiger partial charge on any atom is -0.463 e. The zero-order valence-corrected chi connectivity index (χ0v) is 19.1. The van der Waals surface area contributed by atoms with Gasteiger partial charge in [0.1, 0.15) is 5.76 Å². The van der Waals surface area contributed by atoms with E-state index in [0.717, 1.165) is 16.5 Å². The van der Waals surface area contributed by atoms with Crippen LogP contribution < -0.4 is 4.74 Å². The summed E-state index contributed by atoms with van der Waals surface area (Å²) in [5.41, 5.74) is 2.24. The molecule has 1 aromatic heterocycles. The summed E-state index contributed by atoms with van der Waals surface area (Å²) in [5.74, 6) is -0.154. The van der Waals surface area contributed by atoms with Crippen molar-refractivity contribution < 1.29 is 23.8 Å². The maximum Gasteiger partial charge on any atom is 0.421 e. The highest BCUT2D eigenvalue weighted by molar-refractivity contribution is 6.35. The molecule has 3 aromatic rings. The van der Waals surface area contributed by atoms with Gasteiger partial charge >= 0.3 is 12.1 Å². The van der Waals surface area contributed by atoms with E-state index in [0.29, 0.717) is 33.6 Å². The van der Waals surface area contributed by atoms with Crippen LogP contribution in [0.3, 0.4) is 0 Å². The van der Waals surface area contributed by atoms with Gasteiger partial charge in [0.25, 0.3) is 0 Å². The van der Waals surface area contributed by atoms with Crippen molar-refractivity contribution in [2.45, 2.75) is 26.2 Å². The number of allylic oxidation sites excluding steroid dienone is 1. The number of nitrogens with zero attached hydrogens (tertiary/aromatic N) is 1. The third kappa shape index (κ3) is 4.08. The van der Waals surface area contributed by atoms with Crippen molar-refractivity contribution in [2.24, 2.45) is 0 Å². The van der Waals surface area contributed by atoms with Crippen molar-refractivity contribution >= 4 is 46.2 Å². The monoisotopic (exact) mass is 473 g/mol. The molecular formula is C24H21Cl2NO5. The lowest BCUT2D eigenvalue weighted by atomic mass is 9.85. The topological polar surface area (TPSA) is 66.8 Å². The van der Waals surface area contributed by atoms with Gasteiger partial charge in [0.15, 0.2) is 0 Å². The Labute approximate surface area is 195 Å². The van der Waals surface area contributed by atoms with Crippen molar-refractivity contribution in [2.75, 3.05) is 13.2 Å². The lowest BCUT2D eigenvalue weighted by Crippen LogP contribution is -2.20.